The van der Waals surface area contributed by atoms with Gasteiger partial charge in [0.2, 0.25) is 5.91 Å². The van der Waals surface area contributed by atoms with E-state index in [1.807, 2.05) is 11.4 Å². The van der Waals surface area contributed by atoms with E-state index in [-0.39, 0.29) is 10.9 Å². The number of nitrogens with two attached hydrogens (primary N) is 1. The van der Waals surface area contributed by atoms with Crippen LogP contribution in [-0.2, 0) is 4.79 Å². The highest BCUT2D eigenvalue weighted by atomic mass is 35.5. The average Bonchev–Trinajstić information content (AvgIpc) is 2.85. The predicted molar refractivity (Wildman–Crippen MR) is 71.3 cm³/mol. The van der Waals surface area contributed by atoms with Gasteiger partial charge in [-0.25, -0.2) is 4.39 Å². The largest absolute Gasteiger partial charge is 0.323 e. The van der Waals surface area contributed by atoms with Crippen LogP contribution in [0.4, 0.5) is 10.1 Å². The molecule has 1 unspecified atom stereocenters. The van der Waals surface area contributed by atoms with E-state index in [2.05, 4.69) is 5.32 Å². The smallest absolute Gasteiger partial charge is 0.246 e. The summed E-state index contributed by atoms with van der Waals surface area (Å²) in [5.41, 5.74) is 6.13. The highest BCUT2D eigenvalue weighted by Crippen LogP contribution is 2.24. The quantitative estimate of drug-likeness (QED) is 0.909. The molecule has 2 aromatic rings. The SMILES string of the molecule is NC(C(=O)Nc1ccc(F)cc1Cl)c1cccs1. The Morgan fingerprint density at radius 2 is 2.22 bits per heavy atom. The Morgan fingerprint density at radius 1 is 1.44 bits per heavy atom. The van der Waals surface area contributed by atoms with E-state index < -0.39 is 11.9 Å². The van der Waals surface area contributed by atoms with Gasteiger partial charge in [-0.05, 0) is 29.6 Å². The van der Waals surface area contributed by atoms with Crippen LogP contribution < -0.4 is 11.1 Å². The van der Waals surface area contributed by atoms with Crippen molar-refractivity contribution < 1.29 is 9.18 Å². The molecule has 18 heavy (non-hydrogen) atoms. The van der Waals surface area contributed by atoms with Crippen LogP contribution >= 0.6 is 22.9 Å². The summed E-state index contributed by atoms with van der Waals surface area (Å²) in [5.74, 6) is -0.841. The van der Waals surface area contributed by atoms with Crippen molar-refractivity contribution in [1.82, 2.24) is 0 Å². The van der Waals surface area contributed by atoms with Gasteiger partial charge in [0.05, 0.1) is 10.7 Å². The van der Waals surface area contributed by atoms with Crippen LogP contribution in [-0.4, -0.2) is 5.91 Å². The molecule has 1 amide bonds. The first kappa shape index (κ1) is 13.0. The summed E-state index contributed by atoms with van der Waals surface area (Å²) in [6.45, 7) is 0. The molecule has 0 bridgehead atoms. The lowest BCUT2D eigenvalue weighted by Gasteiger charge is -2.11. The van der Waals surface area contributed by atoms with Gasteiger partial charge >= 0.3 is 0 Å². The van der Waals surface area contributed by atoms with Crippen LogP contribution in [0.15, 0.2) is 35.7 Å². The van der Waals surface area contributed by atoms with Gasteiger partial charge in [-0.1, -0.05) is 17.7 Å². The molecule has 0 fully saturated rings. The highest BCUT2D eigenvalue weighted by molar-refractivity contribution is 7.10. The minimum atomic E-state index is -0.758. The standard InChI is InChI=1S/C12H10ClFN2OS/c13-8-6-7(14)3-4-9(8)16-12(17)11(15)10-2-1-5-18-10/h1-6,11H,15H2,(H,16,17). The number of thiophene rings is 1. The zero-order valence-corrected chi connectivity index (χ0v) is 10.8. The summed E-state index contributed by atoms with van der Waals surface area (Å²) in [6.07, 6.45) is 0. The number of halogens is 2. The zero-order valence-electron chi connectivity index (χ0n) is 9.19. The predicted octanol–water partition coefficient (Wildman–Crippen LogP) is 3.18. The van der Waals surface area contributed by atoms with Crippen molar-refractivity contribution >= 4 is 34.5 Å². The van der Waals surface area contributed by atoms with E-state index >= 15 is 0 Å². The molecule has 0 saturated heterocycles. The summed E-state index contributed by atoms with van der Waals surface area (Å²) in [4.78, 5) is 12.6. The maximum Gasteiger partial charge on any atom is 0.246 e. The number of hydrogen-bond donors (Lipinski definition) is 2. The normalized spacial score (nSPS) is 12.2. The Labute approximate surface area is 112 Å². The van der Waals surface area contributed by atoms with Crippen molar-refractivity contribution in [3.63, 3.8) is 0 Å². The summed E-state index contributed by atoms with van der Waals surface area (Å²) in [6, 6.07) is 6.59. The second kappa shape index (κ2) is 5.48. The third-order valence-corrected chi connectivity index (χ3v) is 3.59. The van der Waals surface area contributed by atoms with Crippen LogP contribution in [0.2, 0.25) is 5.02 Å². The minimum absolute atomic E-state index is 0.140. The highest BCUT2D eigenvalue weighted by Gasteiger charge is 2.17. The van der Waals surface area contributed by atoms with E-state index in [4.69, 9.17) is 17.3 Å². The van der Waals surface area contributed by atoms with E-state index in [1.54, 1.807) is 6.07 Å². The second-order valence-electron chi connectivity index (χ2n) is 3.61. The van der Waals surface area contributed by atoms with E-state index in [0.29, 0.717) is 5.69 Å². The molecule has 0 aliphatic rings. The third-order valence-electron chi connectivity index (χ3n) is 2.32. The summed E-state index contributed by atoms with van der Waals surface area (Å²) >= 11 is 7.21. The van der Waals surface area contributed by atoms with Crippen LogP contribution in [0.1, 0.15) is 10.9 Å². The molecule has 0 saturated carbocycles. The molecule has 0 aliphatic carbocycles. The molecular formula is C12H10ClFN2OS. The topological polar surface area (TPSA) is 55.1 Å². The minimum Gasteiger partial charge on any atom is -0.323 e. The molecule has 0 spiro atoms. The Morgan fingerprint density at radius 3 is 2.83 bits per heavy atom. The molecule has 0 radical (unpaired) electrons. The van der Waals surface area contributed by atoms with Crippen molar-refractivity contribution in [2.24, 2.45) is 5.73 Å². The Balaban J connectivity index is 2.12. The molecule has 1 heterocycles. The molecule has 3 N–H and O–H groups in total. The molecule has 0 aliphatic heterocycles. The van der Waals surface area contributed by atoms with E-state index in [0.717, 1.165) is 10.9 Å². The number of benzene rings is 1. The van der Waals surface area contributed by atoms with Crippen LogP contribution in [0.5, 0.6) is 0 Å². The lowest BCUT2D eigenvalue weighted by molar-refractivity contribution is -0.117. The Kier molecular flexibility index (Phi) is 3.96. The van der Waals surface area contributed by atoms with Crippen LogP contribution in [0.3, 0.4) is 0 Å². The number of rotatable bonds is 3. The van der Waals surface area contributed by atoms with Gasteiger partial charge in [0.1, 0.15) is 11.9 Å². The maximum atomic E-state index is 12.8. The number of nitrogens with one attached hydrogen (secondary N) is 1. The van der Waals surface area contributed by atoms with Gasteiger partial charge in [-0.2, -0.15) is 0 Å². The van der Waals surface area contributed by atoms with Crippen molar-refractivity contribution in [3.05, 3.63) is 51.4 Å². The first-order chi connectivity index (χ1) is 8.58. The van der Waals surface area contributed by atoms with Crippen LogP contribution in [0, 0.1) is 5.82 Å². The average molecular weight is 285 g/mol. The van der Waals surface area contributed by atoms with Gasteiger partial charge in [0, 0.05) is 4.88 Å². The van der Waals surface area contributed by atoms with Gasteiger partial charge in [-0.3, -0.25) is 4.79 Å². The van der Waals surface area contributed by atoms with Crippen molar-refractivity contribution in [3.8, 4) is 0 Å². The fourth-order valence-corrected chi connectivity index (χ4v) is 2.34. The molecule has 2 rings (SSSR count). The monoisotopic (exact) mass is 284 g/mol. The molecule has 3 nitrogen and oxygen atoms in total. The van der Waals surface area contributed by atoms with Gasteiger partial charge in [0.15, 0.2) is 0 Å². The number of carbonyl (C=O) groups is 1. The molecule has 94 valence electrons. The summed E-state index contributed by atoms with van der Waals surface area (Å²) in [5, 5.41) is 4.55. The molecule has 1 atom stereocenters. The number of amides is 1. The number of hydrogen-bond acceptors (Lipinski definition) is 3. The first-order valence-electron chi connectivity index (χ1n) is 5.13. The first-order valence-corrected chi connectivity index (χ1v) is 6.38. The molecule has 1 aromatic carbocycles. The maximum absolute atomic E-state index is 12.8. The lowest BCUT2D eigenvalue weighted by atomic mass is 10.2. The van der Waals surface area contributed by atoms with Crippen molar-refractivity contribution in [1.29, 1.82) is 0 Å². The van der Waals surface area contributed by atoms with Crippen LogP contribution in [0.25, 0.3) is 0 Å². The molecule has 6 heteroatoms. The summed E-state index contributed by atoms with van der Waals surface area (Å²) < 4.78 is 12.8. The molecule has 1 aromatic heterocycles. The Hall–Kier alpha value is -1.43. The number of anilines is 1. The van der Waals surface area contributed by atoms with Crippen molar-refractivity contribution in [2.75, 3.05) is 5.32 Å². The lowest BCUT2D eigenvalue weighted by Crippen LogP contribution is -2.27. The van der Waals surface area contributed by atoms with Gasteiger partial charge < -0.3 is 11.1 Å². The Bertz CT molecular complexity index is 559. The zero-order chi connectivity index (χ0) is 13.1. The number of carbonyl (C=O) groups excluding carboxylic acids is 1. The fourth-order valence-electron chi connectivity index (χ4n) is 1.40. The second-order valence-corrected chi connectivity index (χ2v) is 4.99. The molecular weight excluding hydrogens is 275 g/mol. The third kappa shape index (κ3) is 2.87. The van der Waals surface area contributed by atoms with Gasteiger partial charge in [0.25, 0.3) is 0 Å². The summed E-state index contributed by atoms with van der Waals surface area (Å²) in [7, 11) is 0. The van der Waals surface area contributed by atoms with Crippen molar-refractivity contribution in [2.45, 2.75) is 6.04 Å². The van der Waals surface area contributed by atoms with E-state index in [1.165, 1.54) is 23.5 Å². The van der Waals surface area contributed by atoms with E-state index in [9.17, 15) is 9.18 Å². The fraction of sp³-hybridized carbons (Fsp3) is 0.0833. The van der Waals surface area contributed by atoms with Gasteiger partial charge in [-0.15, -0.1) is 11.3 Å².